The predicted molar refractivity (Wildman–Crippen MR) is 119 cm³/mol. The molecule has 0 aliphatic heterocycles. The van der Waals surface area contributed by atoms with E-state index in [4.69, 9.17) is 23.2 Å². The fourth-order valence-corrected chi connectivity index (χ4v) is 2.81. The van der Waals surface area contributed by atoms with Crippen molar-refractivity contribution in [3.63, 3.8) is 0 Å². The first-order chi connectivity index (χ1) is 13.9. The molecule has 0 atom stereocenters. The zero-order valence-corrected chi connectivity index (χ0v) is 17.9. The lowest BCUT2D eigenvalue weighted by atomic mass is 10.1. The van der Waals surface area contributed by atoms with Crippen LogP contribution in [0.15, 0.2) is 41.5 Å². The Morgan fingerprint density at radius 2 is 1.86 bits per heavy atom. The number of hydrogen-bond acceptors (Lipinski definition) is 4. The van der Waals surface area contributed by atoms with Gasteiger partial charge in [0, 0.05) is 33.5 Å². The Kier molecular flexibility index (Phi) is 8.96. The maximum Gasteiger partial charge on any atom is 0.329 e. The Morgan fingerprint density at radius 1 is 1.07 bits per heavy atom. The molecule has 0 spiro atoms. The molecule has 3 N–H and O–H groups in total. The van der Waals surface area contributed by atoms with Gasteiger partial charge in [-0.25, -0.2) is 5.43 Å². The zero-order chi connectivity index (χ0) is 21.2. The Balaban J connectivity index is 2.02. The van der Waals surface area contributed by atoms with Gasteiger partial charge in [0.05, 0.1) is 6.21 Å². The lowest BCUT2D eigenvalue weighted by Gasteiger charge is -2.11. The van der Waals surface area contributed by atoms with Crippen molar-refractivity contribution in [2.24, 2.45) is 5.10 Å². The maximum atomic E-state index is 11.8. The zero-order valence-electron chi connectivity index (χ0n) is 16.4. The van der Waals surface area contributed by atoms with E-state index in [2.05, 4.69) is 28.1 Å². The van der Waals surface area contributed by atoms with Crippen molar-refractivity contribution in [3.8, 4) is 0 Å². The number of halogens is 2. The number of anilines is 2. The maximum absolute atomic E-state index is 11.8. The van der Waals surface area contributed by atoms with Crippen LogP contribution in [0.5, 0.6) is 0 Å². The number of rotatable bonds is 8. The molecule has 154 valence electrons. The summed E-state index contributed by atoms with van der Waals surface area (Å²) >= 11 is 12.3. The summed E-state index contributed by atoms with van der Waals surface area (Å²) in [6.07, 6.45) is 4.29. The predicted octanol–water partition coefficient (Wildman–Crippen LogP) is 4.80. The number of amides is 2. The minimum atomic E-state index is -0.820. The Bertz CT molecular complexity index is 900. The van der Waals surface area contributed by atoms with Crippen molar-refractivity contribution >= 4 is 52.6 Å². The van der Waals surface area contributed by atoms with Crippen molar-refractivity contribution in [3.05, 3.63) is 57.6 Å². The molecule has 0 heterocycles. The minimum Gasteiger partial charge on any atom is -0.355 e. The van der Waals surface area contributed by atoms with Crippen LogP contribution in [0.2, 0.25) is 10.0 Å². The number of nitrogens with one attached hydrogen (secondary N) is 3. The van der Waals surface area contributed by atoms with Gasteiger partial charge in [0.2, 0.25) is 0 Å². The van der Waals surface area contributed by atoms with E-state index in [1.807, 2.05) is 25.1 Å². The molecule has 2 amide bonds. The van der Waals surface area contributed by atoms with Gasteiger partial charge in [-0.2, -0.15) is 5.10 Å². The van der Waals surface area contributed by atoms with Crippen LogP contribution in [-0.4, -0.2) is 24.6 Å². The number of hydrogen-bond donors (Lipinski definition) is 3. The molecule has 0 aromatic heterocycles. The van der Waals surface area contributed by atoms with Crippen molar-refractivity contribution < 1.29 is 9.59 Å². The summed E-state index contributed by atoms with van der Waals surface area (Å²) in [5, 5.41) is 10.8. The van der Waals surface area contributed by atoms with Gasteiger partial charge in [0.25, 0.3) is 0 Å². The lowest BCUT2D eigenvalue weighted by Crippen LogP contribution is -2.38. The van der Waals surface area contributed by atoms with Crippen molar-refractivity contribution in [1.82, 2.24) is 10.7 Å². The summed E-state index contributed by atoms with van der Waals surface area (Å²) in [7, 11) is 0. The number of hydrazone groups is 1. The van der Waals surface area contributed by atoms with Gasteiger partial charge in [-0.3, -0.25) is 9.59 Å². The van der Waals surface area contributed by atoms with E-state index in [0.717, 1.165) is 36.2 Å². The molecule has 29 heavy (non-hydrogen) atoms. The highest BCUT2D eigenvalue weighted by Crippen LogP contribution is 2.26. The van der Waals surface area contributed by atoms with Crippen molar-refractivity contribution in [2.75, 3.05) is 11.9 Å². The quantitative estimate of drug-likeness (QED) is 0.241. The number of nitrogens with zero attached hydrogens (tertiary/aromatic N) is 1. The smallest absolute Gasteiger partial charge is 0.329 e. The fraction of sp³-hybridized carbons (Fsp3) is 0.286. The molecule has 0 aliphatic carbocycles. The Hall–Kier alpha value is -2.57. The van der Waals surface area contributed by atoms with Gasteiger partial charge in [-0.15, -0.1) is 0 Å². The molecule has 2 rings (SSSR count). The minimum absolute atomic E-state index is 0.464. The summed E-state index contributed by atoms with van der Waals surface area (Å²) in [6, 6.07) is 10.9. The average molecular weight is 435 g/mol. The average Bonchev–Trinajstić information content (AvgIpc) is 2.69. The molecular weight excluding hydrogens is 411 g/mol. The molecule has 0 aliphatic rings. The fourth-order valence-electron chi connectivity index (χ4n) is 2.45. The highest BCUT2D eigenvalue weighted by atomic mass is 35.5. The number of aryl methyl sites for hydroxylation is 1. The molecule has 0 radical (unpaired) electrons. The molecule has 0 saturated carbocycles. The second-order valence-corrected chi connectivity index (χ2v) is 7.33. The van der Waals surface area contributed by atoms with Gasteiger partial charge in [0.1, 0.15) is 0 Å². The number of unbranched alkanes of at least 4 members (excludes halogenated alkanes) is 2. The molecule has 2 aromatic carbocycles. The first-order valence-electron chi connectivity index (χ1n) is 9.34. The summed E-state index contributed by atoms with van der Waals surface area (Å²) in [5.41, 5.74) is 5.36. The van der Waals surface area contributed by atoms with Gasteiger partial charge in [-0.05, 0) is 49.2 Å². The monoisotopic (exact) mass is 434 g/mol. The first-order valence-corrected chi connectivity index (χ1v) is 10.1. The van der Waals surface area contributed by atoms with E-state index in [9.17, 15) is 9.59 Å². The second kappa shape index (κ2) is 11.4. The third kappa shape index (κ3) is 7.40. The van der Waals surface area contributed by atoms with Crippen molar-refractivity contribution in [1.29, 1.82) is 0 Å². The van der Waals surface area contributed by atoms with E-state index in [-0.39, 0.29) is 0 Å². The highest BCUT2D eigenvalue weighted by molar-refractivity contribution is 6.35. The molecule has 8 heteroatoms. The van der Waals surface area contributed by atoms with E-state index in [1.165, 1.54) is 6.21 Å². The molecular formula is C21H24Cl2N4O2. The SMILES string of the molecule is CCCCCNC(=O)C(=O)N/N=C\c1cc(Cl)ccc1Nc1ccc(C)c(Cl)c1. The van der Waals surface area contributed by atoms with Crippen LogP contribution in [0.3, 0.4) is 0 Å². The number of carbonyl (C=O) groups is 2. The molecule has 0 bridgehead atoms. The third-order valence-electron chi connectivity index (χ3n) is 4.11. The third-order valence-corrected chi connectivity index (χ3v) is 4.75. The molecule has 0 saturated heterocycles. The largest absolute Gasteiger partial charge is 0.355 e. The summed E-state index contributed by atoms with van der Waals surface area (Å²) in [4.78, 5) is 23.5. The highest BCUT2D eigenvalue weighted by Gasteiger charge is 2.11. The normalized spacial score (nSPS) is 10.8. The number of benzene rings is 2. The molecule has 0 unspecified atom stereocenters. The second-order valence-electron chi connectivity index (χ2n) is 6.48. The first kappa shape index (κ1) is 22.7. The van der Waals surface area contributed by atoms with Gasteiger partial charge in [0.15, 0.2) is 0 Å². The Labute approximate surface area is 180 Å². The van der Waals surface area contributed by atoms with Crippen LogP contribution in [0.25, 0.3) is 0 Å². The van der Waals surface area contributed by atoms with Crippen LogP contribution in [0.1, 0.15) is 37.3 Å². The van der Waals surface area contributed by atoms with E-state index in [0.29, 0.717) is 22.2 Å². The topological polar surface area (TPSA) is 82.6 Å². The number of carbonyl (C=O) groups excluding carboxylic acids is 2. The van der Waals surface area contributed by atoms with Crippen LogP contribution in [-0.2, 0) is 9.59 Å². The summed E-state index contributed by atoms with van der Waals surface area (Å²) in [5.74, 6) is -1.53. The molecule has 2 aromatic rings. The van der Waals surface area contributed by atoms with Gasteiger partial charge < -0.3 is 10.6 Å². The van der Waals surface area contributed by atoms with Crippen LogP contribution >= 0.6 is 23.2 Å². The van der Waals surface area contributed by atoms with Crippen LogP contribution in [0.4, 0.5) is 11.4 Å². The lowest BCUT2D eigenvalue weighted by molar-refractivity contribution is -0.139. The van der Waals surface area contributed by atoms with Gasteiger partial charge in [-0.1, -0.05) is 49.0 Å². The van der Waals surface area contributed by atoms with E-state index in [1.54, 1.807) is 18.2 Å². The van der Waals surface area contributed by atoms with E-state index >= 15 is 0 Å². The summed E-state index contributed by atoms with van der Waals surface area (Å²) < 4.78 is 0. The van der Waals surface area contributed by atoms with Crippen LogP contribution < -0.4 is 16.1 Å². The van der Waals surface area contributed by atoms with E-state index < -0.39 is 11.8 Å². The van der Waals surface area contributed by atoms with Gasteiger partial charge >= 0.3 is 11.8 Å². The standard InChI is InChI=1S/C21H24Cl2N4O2/c1-3-4-5-10-24-20(28)21(29)27-25-13-15-11-16(22)7-9-19(15)26-17-8-6-14(2)18(23)12-17/h6-9,11-13,26H,3-5,10H2,1-2H3,(H,24,28)(H,27,29)/b25-13-. The molecule has 6 nitrogen and oxygen atoms in total. The van der Waals surface area contributed by atoms with Crippen molar-refractivity contribution in [2.45, 2.75) is 33.1 Å². The Morgan fingerprint density at radius 3 is 2.59 bits per heavy atom. The van der Waals surface area contributed by atoms with Crippen LogP contribution in [0, 0.1) is 6.92 Å². The summed E-state index contributed by atoms with van der Waals surface area (Å²) in [6.45, 7) is 4.45. The molecule has 0 fully saturated rings.